The van der Waals surface area contributed by atoms with E-state index >= 15 is 0 Å². The van der Waals surface area contributed by atoms with Crippen LogP contribution in [0.3, 0.4) is 0 Å². The third-order valence-electron chi connectivity index (χ3n) is 1.21. The first-order valence-electron chi connectivity index (χ1n) is 2.89. The van der Waals surface area contributed by atoms with Crippen LogP contribution < -0.4 is 0 Å². The van der Waals surface area contributed by atoms with Crippen molar-refractivity contribution in [2.75, 3.05) is 6.54 Å². The summed E-state index contributed by atoms with van der Waals surface area (Å²) in [6.07, 6.45) is -4.27. The highest BCUT2D eigenvalue weighted by Crippen LogP contribution is 2.43. The van der Waals surface area contributed by atoms with Gasteiger partial charge in [-0.25, -0.2) is 0 Å². The summed E-state index contributed by atoms with van der Waals surface area (Å²) in [5.74, 6) is 0. The molecule has 1 aliphatic rings. The van der Waals surface area contributed by atoms with E-state index in [0.29, 0.717) is 11.9 Å². The highest BCUT2D eigenvalue weighted by atomic mass is 32.2. The number of rotatable bonds is 1. The van der Waals surface area contributed by atoms with Crippen LogP contribution in [0.2, 0.25) is 0 Å². The molecule has 1 aliphatic heterocycles. The molecule has 0 N–H and O–H groups in total. The van der Waals surface area contributed by atoms with E-state index in [9.17, 15) is 22.0 Å². The molecule has 70 valence electrons. The molecule has 7 heteroatoms. The lowest BCUT2D eigenvalue weighted by molar-refractivity contribution is -0.319. The van der Waals surface area contributed by atoms with Gasteiger partial charge in [-0.15, -0.1) is 0 Å². The molecule has 0 aliphatic carbocycles. The Morgan fingerprint density at radius 1 is 1.17 bits per heavy atom. The van der Waals surface area contributed by atoms with Crippen molar-refractivity contribution in [3.05, 3.63) is 11.5 Å². The molecule has 0 unspecified atom stereocenters. The average Bonchev–Trinajstić information content (AvgIpc) is 2.34. The molecule has 0 spiro atoms. The minimum Gasteiger partial charge on any atom is -0.177 e. The monoisotopic (exact) mass is 205 g/mol. The van der Waals surface area contributed by atoms with Gasteiger partial charge in [0.05, 0.1) is 0 Å². The number of hydrogen-bond acceptors (Lipinski definition) is 2. The molecular formula is C5H4F5NS. The Balaban J connectivity index is 2.71. The van der Waals surface area contributed by atoms with Gasteiger partial charge in [0.25, 0.3) is 0 Å². The molecule has 0 amide bonds. The molecule has 1 rings (SSSR count). The summed E-state index contributed by atoms with van der Waals surface area (Å²) in [5.41, 5.74) is 0. The van der Waals surface area contributed by atoms with Gasteiger partial charge < -0.3 is 0 Å². The van der Waals surface area contributed by atoms with E-state index in [1.54, 1.807) is 0 Å². The highest BCUT2D eigenvalue weighted by molar-refractivity contribution is 8.00. The fourth-order valence-corrected chi connectivity index (χ4v) is 1.35. The lowest BCUT2D eigenvalue weighted by Crippen LogP contribution is -2.48. The summed E-state index contributed by atoms with van der Waals surface area (Å²) >= 11 is 0.359. The third kappa shape index (κ3) is 1.56. The van der Waals surface area contributed by atoms with Crippen LogP contribution >= 0.6 is 11.9 Å². The van der Waals surface area contributed by atoms with Gasteiger partial charge >= 0.3 is 12.2 Å². The van der Waals surface area contributed by atoms with Gasteiger partial charge in [-0.3, -0.25) is 0 Å². The molecule has 12 heavy (non-hydrogen) atoms. The van der Waals surface area contributed by atoms with E-state index in [0.717, 1.165) is 0 Å². The van der Waals surface area contributed by atoms with Gasteiger partial charge in [0.2, 0.25) is 0 Å². The van der Waals surface area contributed by atoms with Crippen LogP contribution in [0.1, 0.15) is 0 Å². The maximum atomic E-state index is 12.4. The predicted molar refractivity (Wildman–Crippen MR) is 34.4 cm³/mol. The molecule has 0 bridgehead atoms. The van der Waals surface area contributed by atoms with Crippen LogP contribution in [-0.2, 0) is 0 Å². The van der Waals surface area contributed by atoms with Crippen LogP contribution in [0.4, 0.5) is 22.0 Å². The third-order valence-corrected chi connectivity index (χ3v) is 2.16. The van der Waals surface area contributed by atoms with Gasteiger partial charge in [0.1, 0.15) is 0 Å². The Bertz CT molecular complexity index is 191. The zero-order valence-corrected chi connectivity index (χ0v) is 6.42. The summed E-state index contributed by atoms with van der Waals surface area (Å²) in [5, 5.41) is 1.19. The largest absolute Gasteiger partial charge is 0.470 e. The zero-order chi connectivity index (χ0) is 9.41. The quantitative estimate of drug-likeness (QED) is 0.367. The molecule has 0 radical (unpaired) electrons. The van der Waals surface area contributed by atoms with E-state index in [4.69, 9.17) is 0 Å². The molecule has 0 atom stereocenters. The lowest BCUT2D eigenvalue weighted by atomic mass is 10.5. The smallest absolute Gasteiger partial charge is 0.177 e. The Labute approximate surface area is 69.3 Å². The van der Waals surface area contributed by atoms with Crippen molar-refractivity contribution in [1.82, 2.24) is 4.31 Å². The topological polar surface area (TPSA) is 3.24 Å². The van der Waals surface area contributed by atoms with Gasteiger partial charge in [-0.1, -0.05) is 6.08 Å². The number of alkyl halides is 5. The van der Waals surface area contributed by atoms with E-state index in [1.165, 1.54) is 11.5 Å². The van der Waals surface area contributed by atoms with Crippen LogP contribution in [0.25, 0.3) is 0 Å². The average molecular weight is 205 g/mol. The van der Waals surface area contributed by atoms with Crippen molar-refractivity contribution >= 4 is 11.9 Å². The van der Waals surface area contributed by atoms with Crippen molar-refractivity contribution in [1.29, 1.82) is 0 Å². The normalized spacial score (nSPS) is 20.4. The number of nitrogens with zero attached hydrogens (tertiary/aromatic N) is 1. The maximum Gasteiger partial charge on any atom is 0.470 e. The predicted octanol–water partition coefficient (Wildman–Crippen LogP) is 2.62. The Kier molecular flexibility index (Phi) is 2.35. The standard InChI is InChI=1S/C5H4F5NS/c6-4(7,8)5(9,10)11-2-1-3-12-11/h1,3H,2H2. The summed E-state index contributed by atoms with van der Waals surface area (Å²) in [7, 11) is 0. The lowest BCUT2D eigenvalue weighted by Gasteiger charge is -2.26. The van der Waals surface area contributed by atoms with Crippen molar-refractivity contribution in [2.45, 2.75) is 12.2 Å². The zero-order valence-electron chi connectivity index (χ0n) is 5.61. The molecule has 0 saturated heterocycles. The Hall–Kier alpha value is -0.300. The van der Waals surface area contributed by atoms with Crippen molar-refractivity contribution in [2.24, 2.45) is 0 Å². The molecule has 0 aromatic carbocycles. The molecule has 0 fully saturated rings. The summed E-state index contributed by atoms with van der Waals surface area (Å²) < 4.78 is 59.7. The molecule has 0 aromatic rings. The highest BCUT2D eigenvalue weighted by Gasteiger charge is 2.62. The fourth-order valence-electron chi connectivity index (χ4n) is 0.621. The van der Waals surface area contributed by atoms with Crippen LogP contribution in [0.15, 0.2) is 11.5 Å². The first kappa shape index (κ1) is 9.79. The SMILES string of the molecule is FC(F)(F)C(F)(F)N1CC=CS1. The fraction of sp³-hybridized carbons (Fsp3) is 0.600. The second-order valence-electron chi connectivity index (χ2n) is 2.08. The molecule has 0 aromatic heterocycles. The van der Waals surface area contributed by atoms with Crippen molar-refractivity contribution in [3.63, 3.8) is 0 Å². The first-order valence-corrected chi connectivity index (χ1v) is 3.73. The molecular weight excluding hydrogens is 201 g/mol. The summed E-state index contributed by atoms with van der Waals surface area (Å²) in [4.78, 5) is 0. The second kappa shape index (κ2) is 2.88. The second-order valence-corrected chi connectivity index (χ2v) is 3.00. The minimum atomic E-state index is -5.51. The number of halogens is 5. The Morgan fingerprint density at radius 3 is 2.08 bits per heavy atom. The molecule has 1 nitrogen and oxygen atoms in total. The maximum absolute atomic E-state index is 12.4. The van der Waals surface area contributed by atoms with E-state index in [1.807, 2.05) is 0 Å². The summed E-state index contributed by atoms with van der Waals surface area (Å²) in [6, 6.07) is -4.75. The van der Waals surface area contributed by atoms with Gasteiger partial charge in [-0.2, -0.15) is 26.3 Å². The van der Waals surface area contributed by atoms with Crippen LogP contribution in [0.5, 0.6) is 0 Å². The van der Waals surface area contributed by atoms with Crippen LogP contribution in [0, 0.1) is 0 Å². The van der Waals surface area contributed by atoms with Crippen molar-refractivity contribution < 1.29 is 22.0 Å². The Morgan fingerprint density at radius 2 is 1.75 bits per heavy atom. The van der Waals surface area contributed by atoms with Crippen LogP contribution in [-0.4, -0.2) is 23.1 Å². The van der Waals surface area contributed by atoms with E-state index in [2.05, 4.69) is 0 Å². The van der Waals surface area contributed by atoms with E-state index in [-0.39, 0.29) is 4.31 Å². The minimum absolute atomic E-state index is 0.0208. The van der Waals surface area contributed by atoms with E-state index < -0.39 is 18.8 Å². The van der Waals surface area contributed by atoms with Gasteiger partial charge in [-0.05, 0) is 17.4 Å². The first-order chi connectivity index (χ1) is 5.36. The van der Waals surface area contributed by atoms with Gasteiger partial charge in [0.15, 0.2) is 0 Å². The van der Waals surface area contributed by atoms with Crippen molar-refractivity contribution in [3.8, 4) is 0 Å². The summed E-state index contributed by atoms with van der Waals surface area (Å²) in [6.45, 7) is -0.392. The van der Waals surface area contributed by atoms with Gasteiger partial charge in [0, 0.05) is 6.54 Å². The molecule has 0 saturated carbocycles. The molecule has 1 heterocycles. The number of hydrogen-bond donors (Lipinski definition) is 0.